The number of carbonyl (C=O) groups excluding carboxylic acids is 1. The Balaban J connectivity index is 2.47. The van der Waals surface area contributed by atoms with Crippen molar-refractivity contribution in [3.05, 3.63) is 34.9 Å². The zero-order valence-corrected chi connectivity index (χ0v) is 12.1. The van der Waals surface area contributed by atoms with Crippen molar-refractivity contribution in [2.45, 2.75) is 39.3 Å². The van der Waals surface area contributed by atoms with Gasteiger partial charge in [-0.15, -0.1) is 0 Å². The number of hydrogen-bond acceptors (Lipinski definition) is 2. The molecule has 0 aliphatic heterocycles. The Hall–Kier alpha value is -1.06. The summed E-state index contributed by atoms with van der Waals surface area (Å²) in [6, 6.07) is 7.48. The van der Waals surface area contributed by atoms with E-state index >= 15 is 0 Å². The average molecular weight is 269 g/mol. The van der Waals surface area contributed by atoms with Crippen LogP contribution in [0.25, 0.3) is 0 Å². The topological polar surface area (TPSA) is 41.1 Å². The summed E-state index contributed by atoms with van der Waals surface area (Å²) in [5.41, 5.74) is 0.990. The fourth-order valence-corrected chi connectivity index (χ4v) is 1.60. The predicted octanol–water partition coefficient (Wildman–Crippen LogP) is 2.91. The maximum absolute atomic E-state index is 11.7. The largest absolute Gasteiger partial charge is 0.348 e. The van der Waals surface area contributed by atoms with Crippen molar-refractivity contribution in [1.82, 2.24) is 10.6 Å². The molecule has 1 unspecified atom stereocenters. The third-order valence-corrected chi connectivity index (χ3v) is 2.78. The van der Waals surface area contributed by atoms with Crippen LogP contribution >= 0.6 is 11.6 Å². The van der Waals surface area contributed by atoms with Crippen molar-refractivity contribution in [1.29, 1.82) is 0 Å². The zero-order valence-electron chi connectivity index (χ0n) is 11.4. The van der Waals surface area contributed by atoms with Gasteiger partial charge in [0.2, 0.25) is 5.91 Å². The Morgan fingerprint density at radius 2 is 1.83 bits per heavy atom. The lowest BCUT2D eigenvalue weighted by molar-refractivity contribution is -0.121. The molecule has 100 valence electrons. The van der Waals surface area contributed by atoms with Gasteiger partial charge in [-0.05, 0) is 45.4 Å². The highest BCUT2D eigenvalue weighted by atomic mass is 35.5. The SMILES string of the molecule is CC(NC(=O)CNC(C)(C)C)c1ccc(Cl)cc1. The van der Waals surface area contributed by atoms with Gasteiger partial charge in [0.15, 0.2) is 0 Å². The summed E-state index contributed by atoms with van der Waals surface area (Å²) in [5.74, 6) is -0.00706. The zero-order chi connectivity index (χ0) is 13.8. The summed E-state index contributed by atoms with van der Waals surface area (Å²) >= 11 is 5.82. The molecular formula is C14H21ClN2O. The molecule has 0 heterocycles. The first-order valence-electron chi connectivity index (χ1n) is 6.08. The van der Waals surface area contributed by atoms with Gasteiger partial charge in [-0.25, -0.2) is 0 Å². The lowest BCUT2D eigenvalue weighted by Gasteiger charge is -2.21. The minimum atomic E-state index is -0.0547. The van der Waals surface area contributed by atoms with Gasteiger partial charge in [-0.1, -0.05) is 23.7 Å². The van der Waals surface area contributed by atoms with E-state index in [1.807, 2.05) is 52.0 Å². The van der Waals surface area contributed by atoms with Crippen LogP contribution in [0.3, 0.4) is 0 Å². The Morgan fingerprint density at radius 1 is 1.28 bits per heavy atom. The monoisotopic (exact) mass is 268 g/mol. The fourth-order valence-electron chi connectivity index (χ4n) is 1.47. The second-order valence-corrected chi connectivity index (χ2v) is 5.88. The number of halogens is 1. The molecule has 1 atom stereocenters. The number of benzene rings is 1. The number of nitrogens with one attached hydrogen (secondary N) is 2. The van der Waals surface area contributed by atoms with E-state index in [4.69, 9.17) is 11.6 Å². The highest BCUT2D eigenvalue weighted by Crippen LogP contribution is 2.15. The summed E-state index contributed by atoms with van der Waals surface area (Å²) < 4.78 is 0. The Morgan fingerprint density at radius 3 is 2.33 bits per heavy atom. The van der Waals surface area contributed by atoms with Crippen LogP contribution in [0.15, 0.2) is 24.3 Å². The third kappa shape index (κ3) is 5.52. The molecule has 1 aromatic carbocycles. The maximum atomic E-state index is 11.7. The minimum absolute atomic E-state index is 0.00706. The van der Waals surface area contributed by atoms with Gasteiger partial charge >= 0.3 is 0 Å². The highest BCUT2D eigenvalue weighted by Gasteiger charge is 2.13. The molecule has 1 rings (SSSR count). The van der Waals surface area contributed by atoms with E-state index in [1.54, 1.807) is 0 Å². The molecular weight excluding hydrogens is 248 g/mol. The van der Waals surface area contributed by atoms with Crippen LogP contribution < -0.4 is 10.6 Å². The van der Waals surface area contributed by atoms with Gasteiger partial charge in [0.1, 0.15) is 0 Å². The Kier molecular flexibility index (Phi) is 5.17. The molecule has 0 fully saturated rings. The summed E-state index contributed by atoms with van der Waals surface area (Å²) in [6.45, 7) is 8.37. The van der Waals surface area contributed by atoms with Crippen LogP contribution in [0.5, 0.6) is 0 Å². The number of rotatable bonds is 4. The lowest BCUT2D eigenvalue weighted by atomic mass is 10.1. The van der Waals surface area contributed by atoms with E-state index in [0.717, 1.165) is 5.56 Å². The molecule has 0 aliphatic rings. The summed E-state index contributed by atoms with van der Waals surface area (Å²) in [7, 11) is 0. The van der Waals surface area contributed by atoms with E-state index in [-0.39, 0.29) is 17.5 Å². The molecule has 0 saturated heterocycles. The first kappa shape index (κ1) is 15.0. The molecule has 1 aromatic rings. The second kappa shape index (κ2) is 6.21. The van der Waals surface area contributed by atoms with E-state index in [9.17, 15) is 4.79 Å². The van der Waals surface area contributed by atoms with Gasteiger partial charge in [-0.3, -0.25) is 4.79 Å². The number of amides is 1. The Bertz CT molecular complexity index is 395. The predicted molar refractivity (Wildman–Crippen MR) is 75.8 cm³/mol. The maximum Gasteiger partial charge on any atom is 0.234 e. The van der Waals surface area contributed by atoms with Crippen molar-refractivity contribution < 1.29 is 4.79 Å². The van der Waals surface area contributed by atoms with Crippen LogP contribution in [0.1, 0.15) is 39.3 Å². The first-order valence-corrected chi connectivity index (χ1v) is 6.45. The molecule has 1 amide bonds. The molecule has 4 heteroatoms. The fraction of sp³-hybridized carbons (Fsp3) is 0.500. The van der Waals surface area contributed by atoms with Crippen molar-refractivity contribution in [2.24, 2.45) is 0 Å². The van der Waals surface area contributed by atoms with Crippen molar-refractivity contribution in [3.63, 3.8) is 0 Å². The molecule has 0 aliphatic carbocycles. The minimum Gasteiger partial charge on any atom is -0.348 e. The van der Waals surface area contributed by atoms with Crippen LogP contribution in [-0.2, 0) is 4.79 Å². The normalized spacial score (nSPS) is 13.2. The van der Waals surface area contributed by atoms with Crippen molar-refractivity contribution >= 4 is 17.5 Å². The summed E-state index contributed by atoms with van der Waals surface area (Å²) in [6.07, 6.45) is 0. The van der Waals surface area contributed by atoms with Crippen molar-refractivity contribution in [3.8, 4) is 0 Å². The van der Waals surface area contributed by atoms with Crippen LogP contribution in [-0.4, -0.2) is 18.0 Å². The van der Waals surface area contributed by atoms with E-state index < -0.39 is 0 Å². The van der Waals surface area contributed by atoms with Gasteiger partial charge in [0.05, 0.1) is 12.6 Å². The number of hydrogen-bond donors (Lipinski definition) is 2. The standard InChI is InChI=1S/C14H21ClN2O/c1-10(11-5-7-12(15)8-6-11)17-13(18)9-16-14(2,3)4/h5-8,10,16H,9H2,1-4H3,(H,17,18). The van der Waals surface area contributed by atoms with Gasteiger partial charge in [0.25, 0.3) is 0 Å². The average Bonchev–Trinajstić information content (AvgIpc) is 2.26. The van der Waals surface area contributed by atoms with E-state index in [2.05, 4.69) is 10.6 Å². The van der Waals surface area contributed by atoms with Crippen LogP contribution in [0, 0.1) is 0 Å². The van der Waals surface area contributed by atoms with Gasteiger partial charge < -0.3 is 10.6 Å². The molecule has 3 nitrogen and oxygen atoms in total. The highest BCUT2D eigenvalue weighted by molar-refractivity contribution is 6.30. The lowest BCUT2D eigenvalue weighted by Crippen LogP contribution is -2.43. The number of carbonyl (C=O) groups is 1. The third-order valence-electron chi connectivity index (χ3n) is 2.53. The molecule has 0 spiro atoms. The molecule has 0 saturated carbocycles. The molecule has 0 radical (unpaired) electrons. The first-order chi connectivity index (χ1) is 8.28. The van der Waals surface area contributed by atoms with E-state index in [0.29, 0.717) is 11.6 Å². The molecule has 18 heavy (non-hydrogen) atoms. The molecule has 0 aromatic heterocycles. The van der Waals surface area contributed by atoms with E-state index in [1.165, 1.54) is 0 Å². The molecule has 0 bridgehead atoms. The van der Waals surface area contributed by atoms with Crippen LogP contribution in [0.2, 0.25) is 5.02 Å². The van der Waals surface area contributed by atoms with Gasteiger partial charge in [0, 0.05) is 10.6 Å². The van der Waals surface area contributed by atoms with Gasteiger partial charge in [-0.2, -0.15) is 0 Å². The summed E-state index contributed by atoms with van der Waals surface area (Å²) in [4.78, 5) is 11.7. The second-order valence-electron chi connectivity index (χ2n) is 5.44. The van der Waals surface area contributed by atoms with Crippen molar-refractivity contribution in [2.75, 3.05) is 6.54 Å². The quantitative estimate of drug-likeness (QED) is 0.882. The Labute approximate surface area is 114 Å². The smallest absolute Gasteiger partial charge is 0.234 e. The molecule has 2 N–H and O–H groups in total. The van der Waals surface area contributed by atoms with Crippen LogP contribution in [0.4, 0.5) is 0 Å². The summed E-state index contributed by atoms with van der Waals surface area (Å²) in [5, 5.41) is 6.80.